The number of hydrogen-bond donors (Lipinski definition) is 1. The van der Waals surface area contributed by atoms with Crippen molar-refractivity contribution >= 4 is 5.69 Å². The Morgan fingerprint density at radius 3 is 2.65 bits per heavy atom. The van der Waals surface area contributed by atoms with E-state index in [1.54, 1.807) is 0 Å². The fraction of sp³-hybridized carbons (Fsp3) is 0.600. The molecule has 0 spiro atoms. The van der Waals surface area contributed by atoms with Crippen molar-refractivity contribution in [2.75, 3.05) is 5.73 Å². The molecule has 0 bridgehead atoms. The number of benzene rings is 1. The van der Waals surface area contributed by atoms with E-state index in [1.165, 1.54) is 36.8 Å². The van der Waals surface area contributed by atoms with Gasteiger partial charge in [-0.1, -0.05) is 18.9 Å². The molecule has 17 heavy (non-hydrogen) atoms. The maximum absolute atomic E-state index is 5.86. The van der Waals surface area contributed by atoms with Gasteiger partial charge in [0.05, 0.1) is 0 Å². The summed E-state index contributed by atoms with van der Waals surface area (Å²) in [6.45, 7) is 4.62. The van der Waals surface area contributed by atoms with Gasteiger partial charge in [0.25, 0.3) is 0 Å². The molecule has 0 radical (unpaired) electrons. The summed E-state index contributed by atoms with van der Waals surface area (Å²) in [6, 6.07) is 7.11. The second-order valence-electron chi connectivity index (χ2n) is 5.72. The number of fused-ring (bicyclic) bond motifs is 1. The Morgan fingerprint density at radius 2 is 1.88 bits per heavy atom. The molecular weight excluding hydrogens is 208 g/mol. The van der Waals surface area contributed by atoms with Gasteiger partial charge in [0, 0.05) is 24.8 Å². The van der Waals surface area contributed by atoms with E-state index in [4.69, 9.17) is 5.73 Å². The zero-order chi connectivity index (χ0) is 11.8. The zero-order valence-corrected chi connectivity index (χ0v) is 10.7. The van der Waals surface area contributed by atoms with Crippen molar-refractivity contribution in [1.82, 2.24) is 4.90 Å². The molecule has 0 amide bonds. The molecule has 2 nitrogen and oxygen atoms in total. The molecule has 1 aliphatic heterocycles. The zero-order valence-electron chi connectivity index (χ0n) is 10.7. The summed E-state index contributed by atoms with van der Waals surface area (Å²) in [5.41, 5.74) is 9.67. The highest BCUT2D eigenvalue weighted by atomic mass is 15.2. The van der Waals surface area contributed by atoms with Gasteiger partial charge in [0.2, 0.25) is 0 Å². The molecule has 1 atom stereocenters. The Labute approximate surface area is 104 Å². The third-order valence-electron chi connectivity index (χ3n) is 4.64. The van der Waals surface area contributed by atoms with Crippen LogP contribution in [0.25, 0.3) is 0 Å². The van der Waals surface area contributed by atoms with Gasteiger partial charge >= 0.3 is 0 Å². The van der Waals surface area contributed by atoms with E-state index in [0.29, 0.717) is 0 Å². The van der Waals surface area contributed by atoms with Crippen LogP contribution in [0, 0.1) is 5.92 Å². The Bertz CT molecular complexity index is 407. The Morgan fingerprint density at radius 1 is 1.18 bits per heavy atom. The summed E-state index contributed by atoms with van der Waals surface area (Å²) in [6.07, 6.45) is 5.72. The predicted molar refractivity (Wildman–Crippen MR) is 71.5 cm³/mol. The molecule has 2 heteroatoms. The van der Waals surface area contributed by atoms with Gasteiger partial charge < -0.3 is 5.73 Å². The minimum Gasteiger partial charge on any atom is -0.399 e. The Hall–Kier alpha value is -1.02. The third kappa shape index (κ3) is 2.06. The number of nitrogen functional groups attached to an aromatic ring is 1. The summed E-state index contributed by atoms with van der Waals surface area (Å²) in [5, 5.41) is 0. The van der Waals surface area contributed by atoms with E-state index in [-0.39, 0.29) is 0 Å². The normalized spacial score (nSPS) is 22.9. The summed E-state index contributed by atoms with van der Waals surface area (Å²) < 4.78 is 0. The van der Waals surface area contributed by atoms with Gasteiger partial charge in [-0.25, -0.2) is 0 Å². The lowest BCUT2D eigenvalue weighted by molar-refractivity contribution is 0.156. The highest BCUT2D eigenvalue weighted by Gasteiger charge is 2.29. The second-order valence-corrected chi connectivity index (χ2v) is 5.72. The fourth-order valence-electron chi connectivity index (χ4n) is 3.47. The largest absolute Gasteiger partial charge is 0.399 e. The van der Waals surface area contributed by atoms with Gasteiger partial charge in [0.15, 0.2) is 0 Å². The highest BCUT2D eigenvalue weighted by Crippen LogP contribution is 2.34. The summed E-state index contributed by atoms with van der Waals surface area (Å²) in [5.74, 6) is 0.918. The van der Waals surface area contributed by atoms with Crippen LogP contribution in [0.3, 0.4) is 0 Å². The van der Waals surface area contributed by atoms with Crippen molar-refractivity contribution in [3.05, 3.63) is 29.3 Å². The smallest absolute Gasteiger partial charge is 0.0317 e. The topological polar surface area (TPSA) is 29.3 Å². The number of hydrogen-bond acceptors (Lipinski definition) is 2. The van der Waals surface area contributed by atoms with Crippen molar-refractivity contribution in [3.63, 3.8) is 0 Å². The first-order chi connectivity index (χ1) is 8.24. The van der Waals surface area contributed by atoms with Crippen LogP contribution < -0.4 is 5.73 Å². The number of nitrogens with two attached hydrogens (primary N) is 1. The summed E-state index contributed by atoms with van der Waals surface area (Å²) in [7, 11) is 0. The lowest BCUT2D eigenvalue weighted by Gasteiger charge is -2.29. The van der Waals surface area contributed by atoms with Gasteiger partial charge in [-0.3, -0.25) is 4.90 Å². The summed E-state index contributed by atoms with van der Waals surface area (Å²) >= 11 is 0. The molecule has 1 aliphatic carbocycles. The van der Waals surface area contributed by atoms with E-state index in [9.17, 15) is 0 Å². The molecule has 1 heterocycles. The predicted octanol–water partition coefficient (Wildman–Crippen LogP) is 3.16. The third-order valence-corrected chi connectivity index (χ3v) is 4.64. The molecule has 2 aliphatic rings. The number of nitrogens with zero attached hydrogens (tertiary/aromatic N) is 1. The van der Waals surface area contributed by atoms with E-state index < -0.39 is 0 Å². The first-order valence-corrected chi connectivity index (χ1v) is 6.85. The van der Waals surface area contributed by atoms with Crippen LogP contribution in [-0.2, 0) is 13.1 Å². The maximum atomic E-state index is 5.86. The SMILES string of the molecule is CC(C1CCCC1)N1Cc2ccc(N)cc2C1. The van der Waals surface area contributed by atoms with Crippen LogP contribution in [0.1, 0.15) is 43.7 Å². The van der Waals surface area contributed by atoms with Gasteiger partial charge in [-0.2, -0.15) is 0 Å². The molecule has 0 saturated heterocycles. The van der Waals surface area contributed by atoms with Crippen LogP contribution in [0.15, 0.2) is 18.2 Å². The average Bonchev–Trinajstić information content (AvgIpc) is 2.96. The van der Waals surface area contributed by atoms with E-state index in [1.807, 2.05) is 6.07 Å². The van der Waals surface area contributed by atoms with Crippen molar-refractivity contribution in [2.24, 2.45) is 5.92 Å². The second kappa shape index (κ2) is 4.34. The van der Waals surface area contributed by atoms with Crippen molar-refractivity contribution < 1.29 is 0 Å². The highest BCUT2D eigenvalue weighted by molar-refractivity contribution is 5.46. The molecule has 1 unspecified atom stereocenters. The van der Waals surface area contributed by atoms with E-state index in [0.717, 1.165) is 30.7 Å². The first kappa shape index (κ1) is 11.1. The van der Waals surface area contributed by atoms with Crippen LogP contribution in [0.5, 0.6) is 0 Å². The average molecular weight is 230 g/mol. The maximum Gasteiger partial charge on any atom is 0.0317 e. The summed E-state index contributed by atoms with van der Waals surface area (Å²) in [4.78, 5) is 2.63. The van der Waals surface area contributed by atoms with Gasteiger partial charge in [0.1, 0.15) is 0 Å². The van der Waals surface area contributed by atoms with Gasteiger partial charge in [-0.15, -0.1) is 0 Å². The van der Waals surface area contributed by atoms with Crippen molar-refractivity contribution in [1.29, 1.82) is 0 Å². The Kier molecular flexibility index (Phi) is 2.83. The molecule has 1 saturated carbocycles. The monoisotopic (exact) mass is 230 g/mol. The quantitative estimate of drug-likeness (QED) is 0.791. The molecular formula is C15H22N2. The van der Waals surface area contributed by atoms with Crippen LogP contribution in [0.2, 0.25) is 0 Å². The molecule has 2 N–H and O–H groups in total. The molecule has 3 rings (SSSR count). The van der Waals surface area contributed by atoms with Crippen LogP contribution in [0.4, 0.5) is 5.69 Å². The molecule has 1 fully saturated rings. The molecule has 0 aromatic heterocycles. The first-order valence-electron chi connectivity index (χ1n) is 6.85. The molecule has 92 valence electrons. The Balaban J connectivity index is 1.72. The van der Waals surface area contributed by atoms with Crippen LogP contribution >= 0.6 is 0 Å². The van der Waals surface area contributed by atoms with E-state index >= 15 is 0 Å². The number of anilines is 1. The minimum absolute atomic E-state index is 0.728. The fourth-order valence-corrected chi connectivity index (χ4v) is 3.47. The molecule has 1 aromatic carbocycles. The van der Waals surface area contributed by atoms with Crippen molar-refractivity contribution in [3.8, 4) is 0 Å². The van der Waals surface area contributed by atoms with Gasteiger partial charge in [-0.05, 0) is 48.9 Å². The lowest BCUT2D eigenvalue weighted by atomic mass is 9.98. The minimum atomic E-state index is 0.728. The van der Waals surface area contributed by atoms with Crippen molar-refractivity contribution in [2.45, 2.75) is 51.7 Å². The lowest BCUT2D eigenvalue weighted by Crippen LogP contribution is -2.33. The molecule has 1 aromatic rings. The van der Waals surface area contributed by atoms with E-state index in [2.05, 4.69) is 24.0 Å². The number of rotatable bonds is 2. The standard InChI is InChI=1S/C15H22N2/c1-11(12-4-2-3-5-12)17-9-13-6-7-15(16)8-14(13)10-17/h6-8,11-12H,2-5,9-10,16H2,1H3. The van der Waals surface area contributed by atoms with Crippen LogP contribution in [-0.4, -0.2) is 10.9 Å².